The van der Waals surface area contributed by atoms with Crippen molar-refractivity contribution in [2.24, 2.45) is 0 Å². The van der Waals surface area contributed by atoms with Crippen LogP contribution in [0.15, 0.2) is 48.5 Å². The summed E-state index contributed by atoms with van der Waals surface area (Å²) >= 11 is 0. The molecule has 2 aromatic carbocycles. The number of benzene rings is 2. The fourth-order valence-corrected chi connectivity index (χ4v) is 2.20. The molecule has 2 aromatic rings. The van der Waals surface area contributed by atoms with Gasteiger partial charge >= 0.3 is 5.97 Å². The van der Waals surface area contributed by atoms with Crippen LogP contribution in [0.1, 0.15) is 11.1 Å². The molecule has 1 amide bonds. The molecule has 0 aliphatic heterocycles. The topological polar surface area (TPSA) is 73.9 Å². The summed E-state index contributed by atoms with van der Waals surface area (Å²) in [5.41, 5.74) is 2.31. The van der Waals surface area contributed by atoms with E-state index in [2.05, 4.69) is 5.32 Å². The van der Waals surface area contributed by atoms with Crippen LogP contribution in [0.25, 0.3) is 6.08 Å². The quantitative estimate of drug-likeness (QED) is 0.610. The number of methoxy groups -OCH3 is 2. The van der Waals surface area contributed by atoms with Gasteiger partial charge in [0.15, 0.2) is 6.61 Å². The molecule has 136 valence electrons. The Hall–Kier alpha value is -3.28. The Bertz CT molecular complexity index is 814. The van der Waals surface area contributed by atoms with Crippen molar-refractivity contribution in [3.63, 3.8) is 0 Å². The molecule has 0 radical (unpaired) electrons. The predicted octanol–water partition coefficient (Wildman–Crippen LogP) is 3.21. The Balaban J connectivity index is 1.89. The second-order valence-electron chi connectivity index (χ2n) is 5.41. The standard InChI is InChI=1S/C20H21NO5/c1-14-6-4-5-7-17(14)21-19(22)13-26-20(23)11-9-15-8-10-16(24-2)12-18(15)25-3/h4-12H,13H2,1-3H3,(H,21,22)/b11-9+. The number of nitrogens with one attached hydrogen (secondary N) is 1. The van der Waals surface area contributed by atoms with Gasteiger partial charge in [-0.25, -0.2) is 4.79 Å². The summed E-state index contributed by atoms with van der Waals surface area (Å²) in [6, 6.07) is 12.6. The average Bonchev–Trinajstić information content (AvgIpc) is 2.66. The molecular formula is C20H21NO5. The molecule has 6 heteroatoms. The number of amides is 1. The molecule has 26 heavy (non-hydrogen) atoms. The first kappa shape index (κ1) is 19.1. The van der Waals surface area contributed by atoms with Crippen molar-refractivity contribution in [2.75, 3.05) is 26.1 Å². The van der Waals surface area contributed by atoms with E-state index in [4.69, 9.17) is 14.2 Å². The lowest BCUT2D eigenvalue weighted by molar-refractivity contribution is -0.142. The highest BCUT2D eigenvalue weighted by Gasteiger charge is 2.08. The molecule has 0 bridgehead atoms. The van der Waals surface area contributed by atoms with E-state index in [-0.39, 0.29) is 6.61 Å². The maximum Gasteiger partial charge on any atom is 0.331 e. The van der Waals surface area contributed by atoms with Crippen LogP contribution in [0.3, 0.4) is 0 Å². The number of anilines is 1. The van der Waals surface area contributed by atoms with Crippen LogP contribution < -0.4 is 14.8 Å². The van der Waals surface area contributed by atoms with Gasteiger partial charge in [0.2, 0.25) is 0 Å². The summed E-state index contributed by atoms with van der Waals surface area (Å²) in [5, 5.41) is 2.70. The average molecular weight is 355 g/mol. The van der Waals surface area contributed by atoms with E-state index in [0.29, 0.717) is 22.7 Å². The number of hydrogen-bond acceptors (Lipinski definition) is 5. The smallest absolute Gasteiger partial charge is 0.331 e. The van der Waals surface area contributed by atoms with Crippen LogP contribution in [0, 0.1) is 6.92 Å². The highest BCUT2D eigenvalue weighted by atomic mass is 16.5. The summed E-state index contributed by atoms with van der Waals surface area (Å²) in [6.45, 7) is 1.52. The van der Waals surface area contributed by atoms with Crippen molar-refractivity contribution in [1.82, 2.24) is 0 Å². The number of aryl methyl sites for hydroxylation is 1. The van der Waals surface area contributed by atoms with Crippen molar-refractivity contribution >= 4 is 23.6 Å². The monoisotopic (exact) mass is 355 g/mol. The zero-order valence-corrected chi connectivity index (χ0v) is 14.9. The zero-order valence-electron chi connectivity index (χ0n) is 14.9. The molecule has 6 nitrogen and oxygen atoms in total. The molecule has 0 aliphatic rings. The largest absolute Gasteiger partial charge is 0.497 e. The summed E-state index contributed by atoms with van der Waals surface area (Å²) in [6.07, 6.45) is 2.80. The predicted molar refractivity (Wildman–Crippen MR) is 99.3 cm³/mol. The summed E-state index contributed by atoms with van der Waals surface area (Å²) in [5.74, 6) is 0.186. The summed E-state index contributed by atoms with van der Waals surface area (Å²) in [4.78, 5) is 23.7. The Morgan fingerprint density at radius 3 is 2.54 bits per heavy atom. The van der Waals surface area contributed by atoms with Gasteiger partial charge in [-0.2, -0.15) is 0 Å². The first-order valence-electron chi connectivity index (χ1n) is 7.96. The van der Waals surface area contributed by atoms with E-state index in [1.807, 2.05) is 25.1 Å². The number of para-hydroxylation sites is 1. The van der Waals surface area contributed by atoms with E-state index in [9.17, 15) is 9.59 Å². The second kappa shape index (κ2) is 9.27. The third-order valence-corrected chi connectivity index (χ3v) is 3.60. The van der Waals surface area contributed by atoms with E-state index in [0.717, 1.165) is 5.56 Å². The van der Waals surface area contributed by atoms with Crippen LogP contribution >= 0.6 is 0 Å². The normalized spacial score (nSPS) is 10.4. The molecule has 0 saturated carbocycles. The van der Waals surface area contributed by atoms with Crippen molar-refractivity contribution in [3.05, 3.63) is 59.7 Å². The fourth-order valence-electron chi connectivity index (χ4n) is 2.20. The van der Waals surface area contributed by atoms with Gasteiger partial charge in [-0.05, 0) is 36.8 Å². The molecule has 0 spiro atoms. The Morgan fingerprint density at radius 1 is 1.08 bits per heavy atom. The van der Waals surface area contributed by atoms with Gasteiger partial charge < -0.3 is 19.5 Å². The van der Waals surface area contributed by atoms with Gasteiger partial charge in [0, 0.05) is 23.4 Å². The van der Waals surface area contributed by atoms with E-state index in [1.54, 1.807) is 37.5 Å². The third kappa shape index (κ3) is 5.37. The maximum atomic E-state index is 11.9. The van der Waals surface area contributed by atoms with Crippen molar-refractivity contribution < 1.29 is 23.8 Å². The number of hydrogen-bond donors (Lipinski definition) is 1. The van der Waals surface area contributed by atoms with Crippen LogP contribution in [-0.2, 0) is 14.3 Å². The second-order valence-corrected chi connectivity index (χ2v) is 5.41. The first-order valence-corrected chi connectivity index (χ1v) is 7.96. The molecule has 0 atom stereocenters. The first-order chi connectivity index (χ1) is 12.5. The lowest BCUT2D eigenvalue weighted by Crippen LogP contribution is -2.20. The lowest BCUT2D eigenvalue weighted by atomic mass is 10.2. The van der Waals surface area contributed by atoms with E-state index >= 15 is 0 Å². The molecule has 0 unspecified atom stereocenters. The Morgan fingerprint density at radius 2 is 1.85 bits per heavy atom. The highest BCUT2D eigenvalue weighted by Crippen LogP contribution is 2.25. The van der Waals surface area contributed by atoms with Crippen LogP contribution in [0.4, 0.5) is 5.69 Å². The van der Waals surface area contributed by atoms with E-state index < -0.39 is 11.9 Å². The Labute approximate surface area is 152 Å². The van der Waals surface area contributed by atoms with Crippen LogP contribution in [0.2, 0.25) is 0 Å². The molecule has 0 heterocycles. The van der Waals surface area contributed by atoms with Gasteiger partial charge in [0.1, 0.15) is 11.5 Å². The number of esters is 1. The fraction of sp³-hybridized carbons (Fsp3) is 0.200. The minimum atomic E-state index is -0.622. The molecule has 0 fully saturated rings. The number of carbonyl (C=O) groups excluding carboxylic acids is 2. The summed E-state index contributed by atoms with van der Waals surface area (Å²) in [7, 11) is 3.09. The number of carbonyl (C=O) groups is 2. The van der Waals surface area contributed by atoms with Gasteiger partial charge in [0.05, 0.1) is 14.2 Å². The maximum absolute atomic E-state index is 11.9. The SMILES string of the molecule is COc1ccc(/C=C/C(=O)OCC(=O)Nc2ccccc2C)c(OC)c1. The molecule has 0 aromatic heterocycles. The van der Waals surface area contributed by atoms with Crippen molar-refractivity contribution in [1.29, 1.82) is 0 Å². The van der Waals surface area contributed by atoms with Gasteiger partial charge in [-0.3, -0.25) is 4.79 Å². The highest BCUT2D eigenvalue weighted by molar-refractivity contribution is 5.95. The molecule has 0 saturated heterocycles. The number of ether oxygens (including phenoxy) is 3. The van der Waals surface area contributed by atoms with Gasteiger partial charge in [-0.15, -0.1) is 0 Å². The molecule has 1 N–H and O–H groups in total. The zero-order chi connectivity index (χ0) is 18.9. The van der Waals surface area contributed by atoms with Crippen molar-refractivity contribution in [3.8, 4) is 11.5 Å². The van der Waals surface area contributed by atoms with Crippen LogP contribution in [0.5, 0.6) is 11.5 Å². The molecular weight excluding hydrogens is 334 g/mol. The van der Waals surface area contributed by atoms with Crippen LogP contribution in [-0.4, -0.2) is 32.7 Å². The van der Waals surface area contributed by atoms with E-state index in [1.165, 1.54) is 13.2 Å². The number of rotatable bonds is 7. The van der Waals surface area contributed by atoms with Crippen molar-refractivity contribution in [2.45, 2.75) is 6.92 Å². The summed E-state index contributed by atoms with van der Waals surface area (Å²) < 4.78 is 15.3. The Kier molecular flexibility index (Phi) is 6.79. The molecule has 0 aliphatic carbocycles. The minimum absolute atomic E-state index is 0.364. The molecule has 2 rings (SSSR count). The minimum Gasteiger partial charge on any atom is -0.497 e. The van der Waals surface area contributed by atoms with Gasteiger partial charge in [0.25, 0.3) is 5.91 Å². The lowest BCUT2D eigenvalue weighted by Gasteiger charge is -2.08. The van der Waals surface area contributed by atoms with Gasteiger partial charge in [-0.1, -0.05) is 18.2 Å². The third-order valence-electron chi connectivity index (χ3n) is 3.60.